The van der Waals surface area contributed by atoms with E-state index in [1.54, 1.807) is 0 Å². The van der Waals surface area contributed by atoms with Gasteiger partial charge in [-0.2, -0.15) is 0 Å². The number of benzene rings is 2. The molecule has 1 aromatic heterocycles. The van der Waals surface area contributed by atoms with Crippen molar-refractivity contribution in [2.75, 3.05) is 0 Å². The van der Waals surface area contributed by atoms with Gasteiger partial charge in [0, 0.05) is 34.8 Å². The molecule has 0 aliphatic carbocycles. The van der Waals surface area contributed by atoms with E-state index in [1.807, 2.05) is 49.4 Å². The fourth-order valence-corrected chi connectivity index (χ4v) is 2.60. The second-order valence-electron chi connectivity index (χ2n) is 5.02. The first-order valence-electron chi connectivity index (χ1n) is 6.90. The van der Waals surface area contributed by atoms with Crippen molar-refractivity contribution in [1.29, 1.82) is 0 Å². The first-order valence-corrected chi connectivity index (χ1v) is 6.90. The number of aromatic nitrogens is 1. The molecule has 0 amide bonds. The van der Waals surface area contributed by atoms with Gasteiger partial charge in [-0.25, -0.2) is 0 Å². The van der Waals surface area contributed by atoms with Crippen molar-refractivity contribution in [1.82, 2.24) is 4.57 Å². The van der Waals surface area contributed by atoms with Crippen molar-refractivity contribution in [2.45, 2.75) is 20.4 Å². The van der Waals surface area contributed by atoms with Crippen molar-refractivity contribution in [2.24, 2.45) is 0 Å². The largest absolute Gasteiger partial charge is 0.348 e. The van der Waals surface area contributed by atoms with Gasteiger partial charge in [-0.1, -0.05) is 24.3 Å². The van der Waals surface area contributed by atoms with Gasteiger partial charge in [0.25, 0.3) is 0 Å². The first kappa shape index (κ1) is 12.7. The van der Waals surface area contributed by atoms with Crippen LogP contribution >= 0.6 is 0 Å². The number of fused-ring (bicyclic) bond motifs is 1. The van der Waals surface area contributed by atoms with Crippen molar-refractivity contribution in [3.63, 3.8) is 0 Å². The summed E-state index contributed by atoms with van der Waals surface area (Å²) < 4.78 is 2.18. The Morgan fingerprint density at radius 3 is 2.65 bits per heavy atom. The van der Waals surface area contributed by atoms with E-state index in [0.717, 1.165) is 28.6 Å². The number of ketones is 1. The Hall–Kier alpha value is -2.35. The third kappa shape index (κ3) is 2.03. The van der Waals surface area contributed by atoms with Crippen LogP contribution in [0.1, 0.15) is 28.4 Å². The monoisotopic (exact) mass is 263 g/mol. The molecule has 0 fully saturated rings. The lowest BCUT2D eigenvalue weighted by Gasteiger charge is -2.06. The number of carbonyl (C=O) groups is 1. The van der Waals surface area contributed by atoms with Crippen LogP contribution in [-0.2, 0) is 6.54 Å². The smallest absolute Gasteiger partial charge is 0.193 e. The summed E-state index contributed by atoms with van der Waals surface area (Å²) >= 11 is 0. The average Bonchev–Trinajstić information content (AvgIpc) is 2.89. The molecule has 2 heteroatoms. The second kappa shape index (κ2) is 4.97. The summed E-state index contributed by atoms with van der Waals surface area (Å²) in [6.07, 6.45) is 2.06. The number of carbonyl (C=O) groups excluding carboxylic acids is 1. The molecule has 0 unspecified atom stereocenters. The van der Waals surface area contributed by atoms with Gasteiger partial charge < -0.3 is 4.57 Å². The molecule has 100 valence electrons. The van der Waals surface area contributed by atoms with Gasteiger partial charge in [-0.05, 0) is 43.7 Å². The van der Waals surface area contributed by atoms with Crippen LogP contribution in [0.25, 0.3) is 10.9 Å². The number of rotatable bonds is 3. The topological polar surface area (TPSA) is 22.0 Å². The molecule has 0 aliphatic rings. The van der Waals surface area contributed by atoms with Crippen molar-refractivity contribution in [3.05, 3.63) is 71.4 Å². The van der Waals surface area contributed by atoms with Crippen molar-refractivity contribution in [3.8, 4) is 0 Å². The Morgan fingerprint density at radius 1 is 1.10 bits per heavy atom. The zero-order valence-electron chi connectivity index (χ0n) is 11.8. The highest BCUT2D eigenvalue weighted by molar-refractivity contribution is 6.11. The molecule has 20 heavy (non-hydrogen) atoms. The van der Waals surface area contributed by atoms with Gasteiger partial charge in [-0.15, -0.1) is 0 Å². The molecule has 2 aromatic carbocycles. The fraction of sp³-hybridized carbons (Fsp3) is 0.167. The van der Waals surface area contributed by atoms with E-state index in [1.165, 1.54) is 5.52 Å². The maximum absolute atomic E-state index is 12.6. The second-order valence-corrected chi connectivity index (χ2v) is 5.02. The minimum absolute atomic E-state index is 0.0919. The third-order valence-corrected chi connectivity index (χ3v) is 3.76. The van der Waals surface area contributed by atoms with Crippen LogP contribution in [0.3, 0.4) is 0 Å². The molecule has 3 rings (SSSR count). The SMILES string of the molecule is CCn1ccc2cc(C(=O)c3ccccc3C)ccc21. The Morgan fingerprint density at radius 2 is 1.90 bits per heavy atom. The standard InChI is InChI=1S/C18H17NO/c1-3-19-11-10-14-12-15(8-9-17(14)19)18(20)16-7-5-4-6-13(16)2/h4-12H,3H2,1-2H3. The quantitative estimate of drug-likeness (QED) is 0.649. The van der Waals surface area contributed by atoms with E-state index in [0.29, 0.717) is 0 Å². The van der Waals surface area contributed by atoms with E-state index >= 15 is 0 Å². The normalized spacial score (nSPS) is 10.9. The molecule has 1 heterocycles. The maximum atomic E-state index is 12.6. The molecule has 0 atom stereocenters. The summed E-state index contributed by atoms with van der Waals surface area (Å²) in [5.41, 5.74) is 3.72. The Kier molecular flexibility index (Phi) is 3.15. The van der Waals surface area contributed by atoms with Gasteiger partial charge in [0.1, 0.15) is 0 Å². The van der Waals surface area contributed by atoms with E-state index in [4.69, 9.17) is 0 Å². The fourth-order valence-electron chi connectivity index (χ4n) is 2.60. The van der Waals surface area contributed by atoms with Gasteiger partial charge in [0.15, 0.2) is 5.78 Å². The van der Waals surface area contributed by atoms with Gasteiger partial charge >= 0.3 is 0 Å². The van der Waals surface area contributed by atoms with Crippen LogP contribution in [0.15, 0.2) is 54.7 Å². The summed E-state index contributed by atoms with van der Waals surface area (Å²) in [6, 6.07) is 15.7. The highest BCUT2D eigenvalue weighted by Crippen LogP contribution is 2.20. The minimum Gasteiger partial charge on any atom is -0.348 e. The summed E-state index contributed by atoms with van der Waals surface area (Å²) in [5.74, 6) is 0.0919. The lowest BCUT2D eigenvalue weighted by molar-refractivity contribution is 0.103. The van der Waals surface area contributed by atoms with E-state index in [-0.39, 0.29) is 5.78 Å². The molecule has 2 nitrogen and oxygen atoms in total. The van der Waals surface area contributed by atoms with Crippen molar-refractivity contribution >= 4 is 16.7 Å². The molecule has 0 N–H and O–H groups in total. The summed E-state index contributed by atoms with van der Waals surface area (Å²) in [4.78, 5) is 12.6. The lowest BCUT2D eigenvalue weighted by Crippen LogP contribution is -2.03. The lowest BCUT2D eigenvalue weighted by atomic mass is 9.98. The minimum atomic E-state index is 0.0919. The summed E-state index contributed by atoms with van der Waals surface area (Å²) in [5, 5.41) is 1.12. The number of hydrogen-bond acceptors (Lipinski definition) is 1. The van der Waals surface area contributed by atoms with Gasteiger partial charge in [-0.3, -0.25) is 4.79 Å². The first-order chi connectivity index (χ1) is 9.70. The Balaban J connectivity index is 2.06. The number of aryl methyl sites for hydroxylation is 2. The van der Waals surface area contributed by atoms with E-state index in [9.17, 15) is 4.79 Å². The Labute approximate surface area is 118 Å². The molecule has 0 saturated heterocycles. The highest BCUT2D eigenvalue weighted by Gasteiger charge is 2.12. The molecular formula is C18H17NO. The summed E-state index contributed by atoms with van der Waals surface area (Å²) in [7, 11) is 0. The Bertz CT molecular complexity index is 783. The van der Waals surface area contributed by atoms with Gasteiger partial charge in [0.2, 0.25) is 0 Å². The zero-order valence-corrected chi connectivity index (χ0v) is 11.8. The predicted molar refractivity (Wildman–Crippen MR) is 82.2 cm³/mol. The van der Waals surface area contributed by atoms with Crippen molar-refractivity contribution < 1.29 is 4.79 Å². The summed E-state index contributed by atoms with van der Waals surface area (Å²) in [6.45, 7) is 5.03. The van der Waals surface area contributed by atoms with Crippen LogP contribution in [-0.4, -0.2) is 10.4 Å². The van der Waals surface area contributed by atoms with Crippen LogP contribution in [0.4, 0.5) is 0 Å². The van der Waals surface area contributed by atoms with Crippen LogP contribution in [0.2, 0.25) is 0 Å². The van der Waals surface area contributed by atoms with Gasteiger partial charge in [0.05, 0.1) is 0 Å². The molecule has 3 aromatic rings. The van der Waals surface area contributed by atoms with Crippen LogP contribution in [0.5, 0.6) is 0 Å². The number of hydrogen-bond donors (Lipinski definition) is 0. The van der Waals surface area contributed by atoms with E-state index < -0.39 is 0 Å². The molecule has 0 spiro atoms. The van der Waals surface area contributed by atoms with Crippen LogP contribution < -0.4 is 0 Å². The van der Waals surface area contributed by atoms with E-state index in [2.05, 4.69) is 23.8 Å². The van der Waals surface area contributed by atoms with Crippen LogP contribution in [0, 0.1) is 6.92 Å². The molecule has 0 radical (unpaired) electrons. The molecule has 0 aliphatic heterocycles. The zero-order chi connectivity index (χ0) is 14.1. The number of nitrogens with zero attached hydrogens (tertiary/aromatic N) is 1. The molecule has 0 bridgehead atoms. The molecule has 0 saturated carbocycles. The average molecular weight is 263 g/mol. The third-order valence-electron chi connectivity index (χ3n) is 3.76. The predicted octanol–water partition coefficient (Wildman–Crippen LogP) is 4.20. The highest BCUT2D eigenvalue weighted by atomic mass is 16.1. The molecular weight excluding hydrogens is 246 g/mol. The maximum Gasteiger partial charge on any atom is 0.193 e.